The van der Waals surface area contributed by atoms with Gasteiger partial charge in [0.2, 0.25) is 0 Å². The van der Waals surface area contributed by atoms with Crippen LogP contribution in [-0.4, -0.2) is 23.0 Å². The van der Waals surface area contributed by atoms with E-state index in [1.807, 2.05) is 0 Å². The molecule has 6 nitrogen and oxygen atoms in total. The predicted molar refractivity (Wildman–Crippen MR) is 105 cm³/mol. The van der Waals surface area contributed by atoms with Crippen LogP contribution in [0.1, 0.15) is 47.5 Å². The van der Waals surface area contributed by atoms with Crippen molar-refractivity contribution in [3.63, 3.8) is 0 Å². The third kappa shape index (κ3) is 4.95. The molecule has 1 heterocycles. The van der Waals surface area contributed by atoms with Gasteiger partial charge in [-0.15, -0.1) is 0 Å². The Balaban J connectivity index is 1.60. The smallest absolute Gasteiger partial charge is 0.325 e. The second-order valence-electron chi connectivity index (χ2n) is 6.33. The van der Waals surface area contributed by atoms with Gasteiger partial charge in [0.05, 0.1) is 5.69 Å². The lowest BCUT2D eigenvalue weighted by molar-refractivity contribution is 0.0931. The molecule has 1 aromatic carbocycles. The van der Waals surface area contributed by atoms with E-state index in [9.17, 15) is 9.59 Å². The second kappa shape index (κ2) is 8.51. The number of aromatic nitrogens is 1. The predicted octanol–water partition coefficient (Wildman–Crippen LogP) is 4.81. The van der Waals surface area contributed by atoms with Crippen molar-refractivity contribution >= 4 is 45.7 Å². The van der Waals surface area contributed by atoms with Crippen molar-refractivity contribution in [2.45, 2.75) is 45.1 Å². The van der Waals surface area contributed by atoms with Gasteiger partial charge in [-0.1, -0.05) is 48.3 Å². The molecule has 26 heavy (non-hydrogen) atoms. The number of carbonyl (C=O) groups is 2. The number of halogens is 1. The van der Waals surface area contributed by atoms with Gasteiger partial charge >= 0.3 is 6.03 Å². The first-order valence-corrected chi connectivity index (χ1v) is 9.82. The second-order valence-corrected chi connectivity index (χ2v) is 7.77. The fourth-order valence-electron chi connectivity index (χ4n) is 2.98. The van der Waals surface area contributed by atoms with Crippen molar-refractivity contribution < 1.29 is 9.59 Å². The van der Waals surface area contributed by atoms with Crippen LogP contribution < -0.4 is 16.0 Å². The highest BCUT2D eigenvalue weighted by Gasteiger charge is 2.21. The van der Waals surface area contributed by atoms with Gasteiger partial charge in [0.1, 0.15) is 4.88 Å². The maximum absolute atomic E-state index is 12.5. The van der Waals surface area contributed by atoms with Gasteiger partial charge in [-0.05, 0) is 38.0 Å². The molecule has 8 heteroatoms. The number of thiazole rings is 1. The average Bonchev–Trinajstić information content (AvgIpc) is 2.96. The summed E-state index contributed by atoms with van der Waals surface area (Å²) in [5.41, 5.74) is 1.19. The number of benzene rings is 1. The number of anilines is 2. The van der Waals surface area contributed by atoms with Crippen LogP contribution in [0, 0.1) is 6.92 Å². The van der Waals surface area contributed by atoms with E-state index in [1.54, 1.807) is 31.2 Å². The molecular formula is C18H21ClN4O2S. The SMILES string of the molecule is Cc1nc(NC(=O)Nc2cccc(Cl)c2)sc1C(=O)NC1CCCCC1. The average molecular weight is 393 g/mol. The molecule has 2 aromatic rings. The van der Waals surface area contributed by atoms with Crippen LogP contribution in [0.2, 0.25) is 5.02 Å². The molecule has 3 rings (SSSR count). The molecule has 1 aliphatic rings. The van der Waals surface area contributed by atoms with Crippen LogP contribution in [0.3, 0.4) is 0 Å². The van der Waals surface area contributed by atoms with Crippen molar-refractivity contribution in [2.24, 2.45) is 0 Å². The van der Waals surface area contributed by atoms with Gasteiger partial charge < -0.3 is 10.6 Å². The summed E-state index contributed by atoms with van der Waals surface area (Å²) < 4.78 is 0. The zero-order valence-corrected chi connectivity index (χ0v) is 16.0. The minimum Gasteiger partial charge on any atom is -0.349 e. The number of nitrogens with zero attached hydrogens (tertiary/aromatic N) is 1. The fourth-order valence-corrected chi connectivity index (χ4v) is 4.04. The molecule has 3 N–H and O–H groups in total. The topological polar surface area (TPSA) is 83.1 Å². The van der Waals surface area contributed by atoms with Gasteiger partial charge in [0.25, 0.3) is 5.91 Å². The van der Waals surface area contributed by atoms with Gasteiger partial charge in [-0.25, -0.2) is 9.78 Å². The molecule has 1 aliphatic carbocycles. The van der Waals surface area contributed by atoms with E-state index in [0.717, 1.165) is 25.7 Å². The zero-order valence-electron chi connectivity index (χ0n) is 14.5. The Kier molecular flexibility index (Phi) is 6.11. The lowest BCUT2D eigenvalue weighted by atomic mass is 9.95. The van der Waals surface area contributed by atoms with Crippen LogP contribution in [-0.2, 0) is 0 Å². The molecule has 1 aromatic heterocycles. The lowest BCUT2D eigenvalue weighted by Gasteiger charge is -2.22. The number of hydrogen-bond acceptors (Lipinski definition) is 4. The van der Waals surface area contributed by atoms with Crippen LogP contribution >= 0.6 is 22.9 Å². The monoisotopic (exact) mass is 392 g/mol. The van der Waals surface area contributed by atoms with Crippen molar-refractivity contribution in [3.05, 3.63) is 39.9 Å². The molecule has 0 saturated heterocycles. The molecule has 1 saturated carbocycles. The Bertz CT molecular complexity index is 802. The van der Waals surface area contributed by atoms with Crippen LogP contribution in [0.25, 0.3) is 0 Å². The molecule has 138 valence electrons. The van der Waals surface area contributed by atoms with Crippen molar-refractivity contribution in [3.8, 4) is 0 Å². The number of aryl methyl sites for hydroxylation is 1. The summed E-state index contributed by atoms with van der Waals surface area (Å²) in [6, 6.07) is 6.67. The summed E-state index contributed by atoms with van der Waals surface area (Å²) in [5, 5.41) is 9.35. The normalized spacial score (nSPS) is 14.7. The molecule has 0 atom stereocenters. The zero-order chi connectivity index (χ0) is 18.5. The highest BCUT2D eigenvalue weighted by atomic mass is 35.5. The molecular weight excluding hydrogens is 372 g/mol. The van der Waals surface area contributed by atoms with E-state index < -0.39 is 6.03 Å². The third-order valence-electron chi connectivity index (χ3n) is 4.25. The fraction of sp³-hybridized carbons (Fsp3) is 0.389. The van der Waals surface area contributed by atoms with Gasteiger partial charge in [-0.2, -0.15) is 0 Å². The maximum atomic E-state index is 12.5. The highest BCUT2D eigenvalue weighted by Crippen LogP contribution is 2.24. The first kappa shape index (κ1) is 18.7. The Labute approximate surface area is 161 Å². The minimum absolute atomic E-state index is 0.116. The Morgan fingerprint density at radius 2 is 1.96 bits per heavy atom. The molecule has 1 fully saturated rings. The minimum atomic E-state index is -0.430. The quantitative estimate of drug-likeness (QED) is 0.698. The summed E-state index contributed by atoms with van der Waals surface area (Å²) in [6.45, 7) is 1.77. The first-order chi connectivity index (χ1) is 12.5. The number of amides is 3. The molecule has 0 unspecified atom stereocenters. The summed E-state index contributed by atoms with van der Waals surface area (Å²) in [6.07, 6.45) is 5.60. The summed E-state index contributed by atoms with van der Waals surface area (Å²) in [5.74, 6) is -0.116. The first-order valence-electron chi connectivity index (χ1n) is 8.63. The van der Waals surface area contributed by atoms with Crippen molar-refractivity contribution in [1.29, 1.82) is 0 Å². The number of rotatable bonds is 4. The van der Waals surface area contributed by atoms with E-state index in [0.29, 0.717) is 26.4 Å². The van der Waals surface area contributed by atoms with Gasteiger partial charge in [0.15, 0.2) is 5.13 Å². The lowest BCUT2D eigenvalue weighted by Crippen LogP contribution is -2.36. The Morgan fingerprint density at radius 3 is 2.69 bits per heavy atom. The molecule has 0 aliphatic heterocycles. The van der Waals surface area contributed by atoms with Crippen molar-refractivity contribution in [1.82, 2.24) is 10.3 Å². The maximum Gasteiger partial charge on any atom is 0.325 e. The Hall–Kier alpha value is -2.12. The molecule has 0 bridgehead atoms. The van der Waals surface area contributed by atoms with E-state index >= 15 is 0 Å². The third-order valence-corrected chi connectivity index (χ3v) is 5.55. The summed E-state index contributed by atoms with van der Waals surface area (Å²) in [4.78, 5) is 29.4. The van der Waals surface area contributed by atoms with E-state index in [-0.39, 0.29) is 11.9 Å². The van der Waals surface area contributed by atoms with Crippen LogP contribution in [0.5, 0.6) is 0 Å². The standard InChI is InChI=1S/C18H21ClN4O2S/c1-11-15(16(24)21-13-7-3-2-4-8-13)26-18(20-11)23-17(25)22-14-9-5-6-12(19)10-14/h5-6,9-10,13H,2-4,7-8H2,1H3,(H,21,24)(H2,20,22,23,25). The molecule has 0 spiro atoms. The van der Waals surface area contributed by atoms with Gasteiger partial charge in [0, 0.05) is 16.8 Å². The highest BCUT2D eigenvalue weighted by molar-refractivity contribution is 7.17. The number of hydrogen-bond donors (Lipinski definition) is 3. The number of urea groups is 1. The molecule has 0 radical (unpaired) electrons. The number of carbonyl (C=O) groups excluding carboxylic acids is 2. The van der Waals surface area contributed by atoms with E-state index in [1.165, 1.54) is 17.8 Å². The van der Waals surface area contributed by atoms with Crippen LogP contribution in [0.15, 0.2) is 24.3 Å². The van der Waals surface area contributed by atoms with E-state index in [4.69, 9.17) is 11.6 Å². The van der Waals surface area contributed by atoms with Crippen molar-refractivity contribution in [2.75, 3.05) is 10.6 Å². The van der Waals surface area contributed by atoms with Crippen LogP contribution in [0.4, 0.5) is 15.6 Å². The van der Waals surface area contributed by atoms with E-state index in [2.05, 4.69) is 20.9 Å². The largest absolute Gasteiger partial charge is 0.349 e. The Morgan fingerprint density at radius 1 is 1.19 bits per heavy atom. The summed E-state index contributed by atoms with van der Waals surface area (Å²) >= 11 is 7.08. The summed E-state index contributed by atoms with van der Waals surface area (Å²) in [7, 11) is 0. The number of nitrogens with one attached hydrogen (secondary N) is 3. The van der Waals surface area contributed by atoms with Gasteiger partial charge in [-0.3, -0.25) is 10.1 Å². The molecule has 3 amide bonds.